The van der Waals surface area contributed by atoms with Crippen molar-refractivity contribution in [1.29, 1.82) is 0 Å². The fourth-order valence-electron chi connectivity index (χ4n) is 2.95. The minimum absolute atomic E-state index is 0.0307. The largest absolute Gasteiger partial charge is 0.388 e. The van der Waals surface area contributed by atoms with Gasteiger partial charge in [0, 0.05) is 13.0 Å². The van der Waals surface area contributed by atoms with Crippen LogP contribution in [0.5, 0.6) is 0 Å². The van der Waals surface area contributed by atoms with Gasteiger partial charge in [-0.05, 0) is 6.42 Å². The minimum Gasteiger partial charge on any atom is -0.388 e. The van der Waals surface area contributed by atoms with Gasteiger partial charge in [0.2, 0.25) is 0 Å². The van der Waals surface area contributed by atoms with Gasteiger partial charge in [-0.1, -0.05) is 58.8 Å². The summed E-state index contributed by atoms with van der Waals surface area (Å²) in [6.07, 6.45) is 9.49. The number of aliphatic hydroxyl groups excluding tert-OH is 1. The second-order valence-corrected chi connectivity index (χ2v) is 5.95. The van der Waals surface area contributed by atoms with Gasteiger partial charge < -0.3 is 14.6 Å². The first-order valence-corrected chi connectivity index (χ1v) is 8.03. The Balaban J connectivity index is 2.12. The zero-order valence-corrected chi connectivity index (χ0v) is 12.9. The van der Waals surface area contributed by atoms with Gasteiger partial charge in [-0.2, -0.15) is 0 Å². The van der Waals surface area contributed by atoms with Gasteiger partial charge in [0.25, 0.3) is 0 Å². The van der Waals surface area contributed by atoms with Crippen molar-refractivity contribution < 1.29 is 14.6 Å². The Bertz CT molecular complexity index is 220. The first kappa shape index (κ1) is 16.9. The molecule has 0 aromatic heterocycles. The highest BCUT2D eigenvalue weighted by Gasteiger charge is 2.36. The van der Waals surface area contributed by atoms with Crippen LogP contribution >= 0.6 is 0 Å². The van der Waals surface area contributed by atoms with Crippen molar-refractivity contribution in [2.45, 2.75) is 83.5 Å². The number of hydrogen-bond donors (Lipinski definition) is 1. The van der Waals surface area contributed by atoms with Gasteiger partial charge in [-0.25, -0.2) is 0 Å². The second kappa shape index (κ2) is 9.73. The van der Waals surface area contributed by atoms with Crippen molar-refractivity contribution in [3.8, 4) is 0 Å². The molecule has 0 spiro atoms. The predicted octanol–water partition coefficient (Wildman–Crippen LogP) is 3.54. The molecule has 3 nitrogen and oxygen atoms in total. The number of hydrogen-bond acceptors (Lipinski definition) is 3. The molecule has 1 rings (SSSR count). The van der Waals surface area contributed by atoms with Crippen LogP contribution in [0.3, 0.4) is 0 Å². The smallest absolute Gasteiger partial charge is 0.107 e. The van der Waals surface area contributed by atoms with Crippen LogP contribution in [0.2, 0.25) is 0 Å². The normalized spacial score (nSPS) is 31.6. The zero-order valence-electron chi connectivity index (χ0n) is 12.9. The van der Waals surface area contributed by atoms with E-state index in [1.807, 2.05) is 0 Å². The number of aliphatic hydroxyl groups is 1. The molecule has 1 N–H and O–H groups in total. The molecule has 1 aliphatic rings. The van der Waals surface area contributed by atoms with Gasteiger partial charge in [-0.3, -0.25) is 0 Å². The third-order valence-corrected chi connectivity index (χ3v) is 4.22. The summed E-state index contributed by atoms with van der Waals surface area (Å²) >= 11 is 0. The molecule has 0 aliphatic carbocycles. The lowest BCUT2D eigenvalue weighted by Crippen LogP contribution is -2.50. The summed E-state index contributed by atoms with van der Waals surface area (Å²) < 4.78 is 11.1. The molecule has 1 heterocycles. The van der Waals surface area contributed by atoms with Crippen molar-refractivity contribution in [1.82, 2.24) is 0 Å². The fourth-order valence-corrected chi connectivity index (χ4v) is 2.95. The van der Waals surface area contributed by atoms with Gasteiger partial charge in [0.1, 0.15) is 6.10 Å². The van der Waals surface area contributed by atoms with Crippen molar-refractivity contribution in [2.75, 3.05) is 13.7 Å². The lowest BCUT2D eigenvalue weighted by molar-refractivity contribution is -0.172. The summed E-state index contributed by atoms with van der Waals surface area (Å²) in [7, 11) is 1.68. The molecule has 19 heavy (non-hydrogen) atoms. The van der Waals surface area contributed by atoms with Crippen LogP contribution in [0.1, 0.15) is 65.2 Å². The summed E-state index contributed by atoms with van der Waals surface area (Å²) in [5, 5.41) is 10.2. The molecular weight excluding hydrogens is 240 g/mol. The van der Waals surface area contributed by atoms with E-state index in [9.17, 15) is 5.11 Å². The molecule has 4 atom stereocenters. The van der Waals surface area contributed by atoms with Crippen LogP contribution < -0.4 is 0 Å². The highest BCUT2D eigenvalue weighted by molar-refractivity contribution is 4.85. The Morgan fingerprint density at radius 2 is 1.74 bits per heavy atom. The van der Waals surface area contributed by atoms with E-state index < -0.39 is 6.10 Å². The van der Waals surface area contributed by atoms with Crippen molar-refractivity contribution in [3.63, 3.8) is 0 Å². The molecule has 0 aromatic carbocycles. The molecule has 1 saturated heterocycles. The Morgan fingerprint density at radius 3 is 2.37 bits per heavy atom. The lowest BCUT2D eigenvalue weighted by Gasteiger charge is -2.38. The van der Waals surface area contributed by atoms with Gasteiger partial charge in [0.15, 0.2) is 0 Å². The third-order valence-electron chi connectivity index (χ3n) is 4.22. The van der Waals surface area contributed by atoms with Gasteiger partial charge in [-0.15, -0.1) is 0 Å². The Kier molecular flexibility index (Phi) is 8.67. The van der Waals surface area contributed by atoms with Crippen LogP contribution in [0, 0.1) is 5.92 Å². The average Bonchev–Trinajstić information content (AvgIpc) is 2.40. The summed E-state index contributed by atoms with van der Waals surface area (Å²) in [5.74, 6) is 0.283. The number of methoxy groups -OCH3 is 1. The molecular formula is C16H32O3. The molecule has 0 aromatic rings. The van der Waals surface area contributed by atoms with Gasteiger partial charge >= 0.3 is 0 Å². The van der Waals surface area contributed by atoms with Crippen LogP contribution in [-0.2, 0) is 9.47 Å². The first-order valence-electron chi connectivity index (χ1n) is 8.03. The molecule has 3 heteroatoms. The molecule has 1 aliphatic heterocycles. The highest BCUT2D eigenvalue weighted by Crippen LogP contribution is 2.25. The Labute approximate surface area is 118 Å². The van der Waals surface area contributed by atoms with Crippen LogP contribution in [0.25, 0.3) is 0 Å². The maximum absolute atomic E-state index is 10.2. The van der Waals surface area contributed by atoms with Crippen molar-refractivity contribution >= 4 is 0 Å². The number of rotatable bonds is 9. The second-order valence-electron chi connectivity index (χ2n) is 5.95. The maximum atomic E-state index is 10.2. The van der Waals surface area contributed by atoms with E-state index in [1.54, 1.807) is 7.11 Å². The molecule has 0 bridgehead atoms. The molecule has 114 valence electrons. The Morgan fingerprint density at radius 1 is 1.11 bits per heavy atom. The predicted molar refractivity (Wildman–Crippen MR) is 78.3 cm³/mol. The summed E-state index contributed by atoms with van der Waals surface area (Å²) in [6, 6.07) is 0. The number of unbranched alkanes of at least 4 members (excludes halogenated alkanes) is 6. The molecule has 0 radical (unpaired) electrons. The Hall–Kier alpha value is -0.120. The molecule has 1 fully saturated rings. The fraction of sp³-hybridized carbons (Fsp3) is 1.00. The minimum atomic E-state index is -0.464. The van der Waals surface area contributed by atoms with E-state index in [1.165, 1.54) is 38.5 Å². The lowest BCUT2D eigenvalue weighted by atomic mass is 9.91. The summed E-state index contributed by atoms with van der Waals surface area (Å²) in [6.45, 7) is 5.02. The molecule has 0 amide bonds. The van der Waals surface area contributed by atoms with E-state index in [0.29, 0.717) is 6.61 Å². The number of ether oxygens (including phenoxy) is 2. The van der Waals surface area contributed by atoms with Crippen LogP contribution in [0.4, 0.5) is 0 Å². The first-order chi connectivity index (χ1) is 9.20. The standard InChI is InChI=1S/C16H32O3/c1-4-5-6-7-8-9-10-11-14-15(17)16(18-3)13(2)12-19-14/h13-17H,4-12H2,1-3H3/t13-,14-,15+,16+/m0/s1. The van der Waals surface area contributed by atoms with E-state index in [0.717, 1.165) is 12.8 Å². The zero-order chi connectivity index (χ0) is 14.1. The van der Waals surface area contributed by atoms with E-state index in [2.05, 4.69) is 13.8 Å². The SMILES string of the molecule is CCCCCCCCC[C@@H]1OC[C@H](C)[C@@H](OC)[C@@H]1O. The average molecular weight is 272 g/mol. The topological polar surface area (TPSA) is 38.7 Å². The van der Waals surface area contributed by atoms with E-state index in [4.69, 9.17) is 9.47 Å². The van der Waals surface area contributed by atoms with Crippen molar-refractivity contribution in [3.05, 3.63) is 0 Å². The quantitative estimate of drug-likeness (QED) is 0.652. The maximum Gasteiger partial charge on any atom is 0.107 e. The molecule has 0 saturated carbocycles. The van der Waals surface area contributed by atoms with Gasteiger partial charge in [0.05, 0.1) is 18.8 Å². The highest BCUT2D eigenvalue weighted by atomic mass is 16.5. The monoisotopic (exact) mass is 272 g/mol. The van der Waals surface area contributed by atoms with Crippen LogP contribution in [0.15, 0.2) is 0 Å². The van der Waals surface area contributed by atoms with Crippen molar-refractivity contribution in [2.24, 2.45) is 5.92 Å². The molecule has 0 unspecified atom stereocenters. The summed E-state index contributed by atoms with van der Waals surface area (Å²) in [4.78, 5) is 0. The third kappa shape index (κ3) is 5.80. The van der Waals surface area contributed by atoms with Crippen LogP contribution in [-0.4, -0.2) is 37.1 Å². The van der Waals surface area contributed by atoms with E-state index >= 15 is 0 Å². The summed E-state index contributed by atoms with van der Waals surface area (Å²) in [5.41, 5.74) is 0. The van der Waals surface area contributed by atoms with E-state index in [-0.39, 0.29) is 18.1 Å².